The molecular formula is C10H18ClN3S. The number of hydrogen-bond acceptors (Lipinski definition) is 4. The van der Waals surface area contributed by atoms with E-state index >= 15 is 0 Å². The summed E-state index contributed by atoms with van der Waals surface area (Å²) in [4.78, 5) is 4.41. The molecule has 0 aliphatic carbocycles. The summed E-state index contributed by atoms with van der Waals surface area (Å²) < 4.78 is 4.28. The highest BCUT2D eigenvalue weighted by atomic mass is 35.5. The van der Waals surface area contributed by atoms with Crippen LogP contribution >= 0.6 is 23.1 Å². The van der Waals surface area contributed by atoms with Crippen molar-refractivity contribution in [2.24, 2.45) is 0 Å². The van der Waals surface area contributed by atoms with Crippen molar-refractivity contribution in [1.82, 2.24) is 9.36 Å². The first-order chi connectivity index (χ1) is 7.26. The zero-order valence-corrected chi connectivity index (χ0v) is 10.9. The van der Waals surface area contributed by atoms with Crippen molar-refractivity contribution in [3.05, 3.63) is 5.82 Å². The molecule has 0 saturated heterocycles. The fourth-order valence-electron chi connectivity index (χ4n) is 1.30. The van der Waals surface area contributed by atoms with Crippen LogP contribution in [0.4, 0.5) is 5.13 Å². The number of hydrogen-bond donors (Lipinski definition) is 1. The highest BCUT2D eigenvalue weighted by molar-refractivity contribution is 7.09. The van der Waals surface area contributed by atoms with E-state index in [4.69, 9.17) is 11.6 Å². The normalized spacial score (nSPS) is 12.7. The third-order valence-electron chi connectivity index (χ3n) is 2.08. The van der Waals surface area contributed by atoms with E-state index in [2.05, 4.69) is 28.5 Å². The molecule has 15 heavy (non-hydrogen) atoms. The molecule has 5 heteroatoms. The van der Waals surface area contributed by atoms with Gasteiger partial charge in [-0.2, -0.15) is 4.37 Å². The second-order valence-corrected chi connectivity index (χ2v) is 4.77. The van der Waals surface area contributed by atoms with E-state index in [1.54, 1.807) is 0 Å². The molecule has 0 aromatic carbocycles. The quantitative estimate of drug-likeness (QED) is 0.752. The molecule has 1 rings (SSSR count). The van der Waals surface area contributed by atoms with E-state index in [1.165, 1.54) is 11.5 Å². The number of alkyl halides is 1. The fourth-order valence-corrected chi connectivity index (χ4v) is 2.18. The van der Waals surface area contributed by atoms with Gasteiger partial charge in [0.25, 0.3) is 0 Å². The second-order valence-electron chi connectivity index (χ2n) is 3.64. The first-order valence-corrected chi connectivity index (χ1v) is 6.72. The number of anilines is 1. The lowest BCUT2D eigenvalue weighted by atomic mass is 10.2. The van der Waals surface area contributed by atoms with Crippen LogP contribution in [0.1, 0.15) is 38.9 Å². The molecule has 0 amide bonds. The SMILES string of the molecule is CCCc1nsc(NC(C)CCCCl)n1. The van der Waals surface area contributed by atoms with Crippen LogP contribution in [-0.2, 0) is 6.42 Å². The summed E-state index contributed by atoms with van der Waals surface area (Å²) in [5, 5.41) is 4.27. The summed E-state index contributed by atoms with van der Waals surface area (Å²) in [6, 6.07) is 0.422. The summed E-state index contributed by atoms with van der Waals surface area (Å²) in [5.41, 5.74) is 0. The predicted molar refractivity (Wildman–Crippen MR) is 66.9 cm³/mol. The Balaban J connectivity index is 2.35. The molecule has 1 aromatic heterocycles. The smallest absolute Gasteiger partial charge is 0.202 e. The first kappa shape index (κ1) is 12.7. The topological polar surface area (TPSA) is 37.8 Å². The second kappa shape index (κ2) is 7.01. The Hall–Kier alpha value is -0.350. The minimum absolute atomic E-state index is 0.422. The van der Waals surface area contributed by atoms with Gasteiger partial charge in [0.2, 0.25) is 5.13 Å². The average molecular weight is 248 g/mol. The molecule has 0 aliphatic heterocycles. The van der Waals surface area contributed by atoms with Gasteiger partial charge < -0.3 is 5.32 Å². The minimum atomic E-state index is 0.422. The Labute approximate surface area is 100 Å². The van der Waals surface area contributed by atoms with Gasteiger partial charge in [0.1, 0.15) is 5.82 Å². The van der Waals surface area contributed by atoms with E-state index in [1.807, 2.05) is 0 Å². The third kappa shape index (κ3) is 4.80. The zero-order valence-electron chi connectivity index (χ0n) is 9.29. The van der Waals surface area contributed by atoms with Crippen LogP contribution in [0.25, 0.3) is 0 Å². The van der Waals surface area contributed by atoms with Crippen LogP contribution in [0, 0.1) is 0 Å². The van der Waals surface area contributed by atoms with E-state index in [-0.39, 0.29) is 0 Å². The Morgan fingerprint density at radius 2 is 2.33 bits per heavy atom. The van der Waals surface area contributed by atoms with Gasteiger partial charge in [-0.1, -0.05) is 6.92 Å². The lowest BCUT2D eigenvalue weighted by Gasteiger charge is -2.10. The van der Waals surface area contributed by atoms with Crippen molar-refractivity contribution in [2.75, 3.05) is 11.2 Å². The van der Waals surface area contributed by atoms with Crippen LogP contribution < -0.4 is 5.32 Å². The Kier molecular flexibility index (Phi) is 5.95. The molecular weight excluding hydrogens is 230 g/mol. The maximum atomic E-state index is 5.64. The molecule has 0 saturated carbocycles. The average Bonchev–Trinajstić information content (AvgIpc) is 2.63. The van der Waals surface area contributed by atoms with Crippen molar-refractivity contribution in [3.63, 3.8) is 0 Å². The van der Waals surface area contributed by atoms with E-state index in [0.29, 0.717) is 6.04 Å². The lowest BCUT2D eigenvalue weighted by Crippen LogP contribution is -2.14. The molecule has 1 atom stereocenters. The molecule has 0 radical (unpaired) electrons. The third-order valence-corrected chi connectivity index (χ3v) is 3.03. The fraction of sp³-hybridized carbons (Fsp3) is 0.800. The predicted octanol–water partition coefficient (Wildman–Crippen LogP) is 3.31. The molecule has 1 heterocycles. The van der Waals surface area contributed by atoms with Gasteiger partial charge in [-0.15, -0.1) is 11.6 Å². The summed E-state index contributed by atoms with van der Waals surface area (Å²) in [6.07, 6.45) is 4.18. The van der Waals surface area contributed by atoms with Gasteiger partial charge >= 0.3 is 0 Å². The van der Waals surface area contributed by atoms with Crippen LogP contribution in [0.2, 0.25) is 0 Å². The maximum absolute atomic E-state index is 5.64. The van der Waals surface area contributed by atoms with E-state index < -0.39 is 0 Å². The summed E-state index contributed by atoms with van der Waals surface area (Å²) in [7, 11) is 0. The highest BCUT2D eigenvalue weighted by Gasteiger charge is 2.06. The molecule has 0 fully saturated rings. The Morgan fingerprint density at radius 3 is 3.00 bits per heavy atom. The number of aromatic nitrogens is 2. The Bertz CT molecular complexity index is 277. The van der Waals surface area contributed by atoms with Crippen molar-refractivity contribution in [3.8, 4) is 0 Å². The molecule has 1 N–H and O–H groups in total. The molecule has 86 valence electrons. The number of nitrogens with zero attached hydrogens (tertiary/aromatic N) is 2. The lowest BCUT2D eigenvalue weighted by molar-refractivity contribution is 0.692. The molecule has 3 nitrogen and oxygen atoms in total. The monoisotopic (exact) mass is 247 g/mol. The van der Waals surface area contributed by atoms with Crippen molar-refractivity contribution >= 4 is 28.3 Å². The van der Waals surface area contributed by atoms with E-state index in [0.717, 1.165) is 42.5 Å². The summed E-state index contributed by atoms with van der Waals surface area (Å²) in [6.45, 7) is 4.28. The van der Waals surface area contributed by atoms with Gasteiger partial charge in [-0.25, -0.2) is 4.98 Å². The standard InChI is InChI=1S/C10H18ClN3S/c1-3-5-9-13-10(15-14-9)12-8(2)6-4-7-11/h8H,3-7H2,1-2H3,(H,12,13,14). The van der Waals surface area contributed by atoms with Crippen molar-refractivity contribution < 1.29 is 0 Å². The number of halogens is 1. The van der Waals surface area contributed by atoms with Gasteiger partial charge in [-0.05, 0) is 26.2 Å². The number of aryl methyl sites for hydroxylation is 1. The molecule has 0 spiro atoms. The minimum Gasteiger partial charge on any atom is -0.358 e. The van der Waals surface area contributed by atoms with Gasteiger partial charge in [-0.3, -0.25) is 0 Å². The van der Waals surface area contributed by atoms with E-state index in [9.17, 15) is 0 Å². The Morgan fingerprint density at radius 1 is 1.53 bits per heavy atom. The van der Waals surface area contributed by atoms with Crippen LogP contribution in [0.15, 0.2) is 0 Å². The van der Waals surface area contributed by atoms with Gasteiger partial charge in [0, 0.05) is 29.9 Å². The summed E-state index contributed by atoms with van der Waals surface area (Å²) in [5.74, 6) is 1.68. The largest absolute Gasteiger partial charge is 0.358 e. The van der Waals surface area contributed by atoms with Gasteiger partial charge in [0.15, 0.2) is 0 Å². The van der Waals surface area contributed by atoms with Crippen molar-refractivity contribution in [1.29, 1.82) is 0 Å². The first-order valence-electron chi connectivity index (χ1n) is 5.41. The number of rotatable bonds is 7. The molecule has 0 aliphatic rings. The van der Waals surface area contributed by atoms with Crippen LogP contribution in [-0.4, -0.2) is 21.3 Å². The van der Waals surface area contributed by atoms with Crippen LogP contribution in [0.3, 0.4) is 0 Å². The molecule has 0 bridgehead atoms. The molecule has 1 aromatic rings. The zero-order chi connectivity index (χ0) is 11.1. The maximum Gasteiger partial charge on any atom is 0.202 e. The number of nitrogens with one attached hydrogen (secondary N) is 1. The highest BCUT2D eigenvalue weighted by Crippen LogP contribution is 2.14. The molecule has 1 unspecified atom stereocenters. The van der Waals surface area contributed by atoms with Crippen LogP contribution in [0.5, 0.6) is 0 Å². The summed E-state index contributed by atoms with van der Waals surface area (Å²) >= 11 is 7.09. The van der Waals surface area contributed by atoms with Gasteiger partial charge in [0.05, 0.1) is 0 Å². The van der Waals surface area contributed by atoms with Crippen molar-refractivity contribution in [2.45, 2.75) is 45.6 Å².